The van der Waals surface area contributed by atoms with Gasteiger partial charge in [0, 0.05) is 38.3 Å². The van der Waals surface area contributed by atoms with E-state index >= 15 is 0 Å². The summed E-state index contributed by atoms with van der Waals surface area (Å²) in [5.41, 5.74) is 2.51. The van der Waals surface area contributed by atoms with Crippen LogP contribution in [0.4, 0.5) is 0 Å². The number of aryl methyl sites for hydroxylation is 2. The van der Waals surface area contributed by atoms with E-state index in [-0.39, 0.29) is 23.3 Å². The lowest BCUT2D eigenvalue weighted by Crippen LogP contribution is -2.40. The molecule has 1 saturated heterocycles. The molecule has 1 unspecified atom stereocenters. The summed E-state index contributed by atoms with van der Waals surface area (Å²) in [6, 6.07) is 1.69. The molecule has 0 N–H and O–H groups in total. The first-order chi connectivity index (χ1) is 15.1. The Morgan fingerprint density at radius 1 is 1.19 bits per heavy atom. The van der Waals surface area contributed by atoms with Crippen molar-refractivity contribution in [3.63, 3.8) is 0 Å². The minimum absolute atomic E-state index is 0.0512. The van der Waals surface area contributed by atoms with Crippen LogP contribution in [0.2, 0.25) is 0 Å². The van der Waals surface area contributed by atoms with Gasteiger partial charge in [-0.15, -0.1) is 0 Å². The van der Waals surface area contributed by atoms with Crippen molar-refractivity contribution in [3.05, 3.63) is 40.7 Å². The molecule has 174 valence electrons. The Morgan fingerprint density at radius 2 is 1.88 bits per heavy atom. The summed E-state index contributed by atoms with van der Waals surface area (Å²) in [7, 11) is 1.82. The van der Waals surface area contributed by atoms with Crippen LogP contribution in [0.25, 0.3) is 0 Å². The van der Waals surface area contributed by atoms with Crippen molar-refractivity contribution in [2.24, 2.45) is 7.05 Å². The van der Waals surface area contributed by atoms with Crippen LogP contribution in [0.5, 0.6) is 0 Å². The van der Waals surface area contributed by atoms with Gasteiger partial charge in [0.1, 0.15) is 5.69 Å². The van der Waals surface area contributed by atoms with Gasteiger partial charge in [-0.1, -0.05) is 20.8 Å². The molecule has 0 aliphatic carbocycles. The van der Waals surface area contributed by atoms with Crippen molar-refractivity contribution in [2.75, 3.05) is 19.6 Å². The maximum absolute atomic E-state index is 13.5. The van der Waals surface area contributed by atoms with Gasteiger partial charge in [0.15, 0.2) is 5.82 Å². The second-order valence-corrected chi connectivity index (χ2v) is 9.50. The second-order valence-electron chi connectivity index (χ2n) is 9.50. The fraction of sp³-hybridized carbons (Fsp3) is 0.625. The third kappa shape index (κ3) is 4.69. The van der Waals surface area contributed by atoms with Gasteiger partial charge in [0.2, 0.25) is 0 Å². The minimum Gasteiger partial charge on any atom is -0.339 e. The Hall–Kier alpha value is -2.77. The highest BCUT2D eigenvalue weighted by Gasteiger charge is 2.33. The SMILES string of the molecule is CCN(CC)C(=O)c1cnc(C2CCCCN2C(=O)c2cc(C(C)(C)C)nn2C)nc1C. The average molecular weight is 441 g/mol. The van der Waals surface area contributed by atoms with Gasteiger partial charge in [-0.25, -0.2) is 9.97 Å². The van der Waals surface area contributed by atoms with Crippen LogP contribution in [0, 0.1) is 6.92 Å². The zero-order valence-electron chi connectivity index (χ0n) is 20.5. The Morgan fingerprint density at radius 3 is 2.44 bits per heavy atom. The van der Waals surface area contributed by atoms with Gasteiger partial charge >= 0.3 is 0 Å². The maximum Gasteiger partial charge on any atom is 0.272 e. The molecular formula is C24H36N6O2. The molecule has 0 bridgehead atoms. The smallest absolute Gasteiger partial charge is 0.272 e. The molecule has 1 aliphatic heterocycles. The van der Waals surface area contributed by atoms with Gasteiger partial charge < -0.3 is 9.80 Å². The Balaban J connectivity index is 1.90. The van der Waals surface area contributed by atoms with Crippen molar-refractivity contribution in [1.82, 2.24) is 29.5 Å². The number of hydrogen-bond acceptors (Lipinski definition) is 5. The van der Waals surface area contributed by atoms with Gasteiger partial charge in [-0.3, -0.25) is 14.3 Å². The number of piperidine rings is 1. The van der Waals surface area contributed by atoms with Crippen LogP contribution >= 0.6 is 0 Å². The monoisotopic (exact) mass is 440 g/mol. The predicted octanol–water partition coefficient (Wildman–Crippen LogP) is 3.67. The normalized spacial score (nSPS) is 16.8. The summed E-state index contributed by atoms with van der Waals surface area (Å²) in [6.07, 6.45) is 4.38. The number of carbonyl (C=O) groups is 2. The third-order valence-electron chi connectivity index (χ3n) is 6.21. The van der Waals surface area contributed by atoms with Crippen LogP contribution in [0.1, 0.15) is 98.0 Å². The van der Waals surface area contributed by atoms with E-state index in [2.05, 4.69) is 35.8 Å². The highest BCUT2D eigenvalue weighted by molar-refractivity contribution is 5.95. The number of rotatable bonds is 5. The molecule has 0 saturated carbocycles. The topological polar surface area (TPSA) is 84.2 Å². The molecule has 0 radical (unpaired) electrons. The first kappa shape index (κ1) is 23.9. The van der Waals surface area contributed by atoms with E-state index in [9.17, 15) is 9.59 Å². The molecule has 1 aliphatic rings. The van der Waals surface area contributed by atoms with E-state index < -0.39 is 0 Å². The average Bonchev–Trinajstić information content (AvgIpc) is 3.16. The fourth-order valence-corrected chi connectivity index (χ4v) is 4.16. The van der Waals surface area contributed by atoms with Crippen LogP contribution in [-0.2, 0) is 12.5 Å². The maximum atomic E-state index is 13.5. The van der Waals surface area contributed by atoms with Gasteiger partial charge in [-0.2, -0.15) is 5.10 Å². The van der Waals surface area contributed by atoms with E-state index in [0.29, 0.717) is 42.4 Å². The van der Waals surface area contributed by atoms with Crippen molar-refractivity contribution in [1.29, 1.82) is 0 Å². The molecule has 1 atom stereocenters. The number of amides is 2. The number of aromatic nitrogens is 4. The lowest BCUT2D eigenvalue weighted by atomic mass is 9.92. The third-order valence-corrected chi connectivity index (χ3v) is 6.21. The lowest BCUT2D eigenvalue weighted by molar-refractivity contribution is 0.0587. The standard InChI is InChI=1S/C24H36N6O2/c1-8-29(9-2)22(31)17-15-25-21(26-16(17)3)18-12-10-11-13-30(18)23(32)19-14-20(24(4,5)6)27-28(19)7/h14-15,18H,8-13H2,1-7H3. The molecular weight excluding hydrogens is 404 g/mol. The molecule has 2 amide bonds. The van der Waals surface area contributed by atoms with Crippen LogP contribution in [-0.4, -0.2) is 61.0 Å². The lowest BCUT2D eigenvalue weighted by Gasteiger charge is -2.34. The highest BCUT2D eigenvalue weighted by atomic mass is 16.2. The molecule has 2 aromatic heterocycles. The summed E-state index contributed by atoms with van der Waals surface area (Å²) in [4.78, 5) is 39.2. The molecule has 8 heteroatoms. The Kier molecular flexibility index (Phi) is 7.00. The molecule has 2 aromatic rings. The van der Waals surface area contributed by atoms with Gasteiger partial charge in [-0.05, 0) is 46.1 Å². The molecule has 0 aromatic carbocycles. The van der Waals surface area contributed by atoms with E-state index in [4.69, 9.17) is 0 Å². The van der Waals surface area contributed by atoms with Crippen molar-refractivity contribution in [3.8, 4) is 0 Å². The number of carbonyl (C=O) groups excluding carboxylic acids is 2. The summed E-state index contributed by atoms with van der Waals surface area (Å²) in [5.74, 6) is 0.495. The summed E-state index contributed by atoms with van der Waals surface area (Å²) in [5, 5.41) is 4.57. The zero-order valence-corrected chi connectivity index (χ0v) is 20.5. The largest absolute Gasteiger partial charge is 0.339 e. The number of nitrogens with zero attached hydrogens (tertiary/aromatic N) is 6. The Labute approximate surface area is 191 Å². The van der Waals surface area contributed by atoms with Crippen molar-refractivity contribution in [2.45, 2.75) is 72.3 Å². The van der Waals surface area contributed by atoms with E-state index in [1.807, 2.05) is 38.8 Å². The Bertz CT molecular complexity index is 987. The molecule has 3 heterocycles. The van der Waals surface area contributed by atoms with Crippen LogP contribution < -0.4 is 0 Å². The molecule has 32 heavy (non-hydrogen) atoms. The zero-order chi connectivity index (χ0) is 23.6. The van der Waals surface area contributed by atoms with E-state index in [1.54, 1.807) is 15.8 Å². The minimum atomic E-state index is -0.208. The van der Waals surface area contributed by atoms with E-state index in [1.165, 1.54) is 0 Å². The first-order valence-corrected chi connectivity index (χ1v) is 11.6. The van der Waals surface area contributed by atoms with Crippen LogP contribution in [0.15, 0.2) is 12.3 Å². The highest BCUT2D eigenvalue weighted by Crippen LogP contribution is 2.31. The quantitative estimate of drug-likeness (QED) is 0.708. The van der Waals surface area contributed by atoms with Crippen LogP contribution in [0.3, 0.4) is 0 Å². The molecule has 0 spiro atoms. The van der Waals surface area contributed by atoms with Crippen molar-refractivity contribution >= 4 is 11.8 Å². The van der Waals surface area contributed by atoms with Gasteiger partial charge in [0.05, 0.1) is 23.0 Å². The molecule has 3 rings (SSSR count). The van der Waals surface area contributed by atoms with Gasteiger partial charge in [0.25, 0.3) is 11.8 Å². The fourth-order valence-electron chi connectivity index (χ4n) is 4.16. The summed E-state index contributed by atoms with van der Waals surface area (Å²) >= 11 is 0. The predicted molar refractivity (Wildman–Crippen MR) is 124 cm³/mol. The molecule has 8 nitrogen and oxygen atoms in total. The summed E-state index contributed by atoms with van der Waals surface area (Å²) in [6.45, 7) is 14.0. The number of hydrogen-bond donors (Lipinski definition) is 0. The van der Waals surface area contributed by atoms with E-state index in [0.717, 1.165) is 25.0 Å². The number of likely N-dealkylation sites (tertiary alicyclic amines) is 1. The summed E-state index contributed by atoms with van der Waals surface area (Å²) < 4.78 is 1.67. The first-order valence-electron chi connectivity index (χ1n) is 11.6. The van der Waals surface area contributed by atoms with Crippen molar-refractivity contribution < 1.29 is 9.59 Å². The second kappa shape index (κ2) is 9.38. The molecule has 1 fully saturated rings.